The highest BCUT2D eigenvalue weighted by atomic mass is 16.3. The zero-order valence-electron chi connectivity index (χ0n) is 16.0. The molecule has 0 aliphatic carbocycles. The molecule has 2 aromatic heterocycles. The molecule has 140 valence electrons. The number of likely N-dealkylation sites (N-methyl/N-ethyl adjacent to an activating group) is 1. The fraction of sp³-hybridized carbons (Fsp3) is 0.273. The van der Waals surface area contributed by atoms with Crippen molar-refractivity contribution in [3.63, 3.8) is 0 Å². The summed E-state index contributed by atoms with van der Waals surface area (Å²) in [6.45, 7) is 4.42. The second-order valence-corrected chi connectivity index (χ2v) is 7.15. The van der Waals surface area contributed by atoms with Gasteiger partial charge in [0.1, 0.15) is 11.8 Å². The molecular weight excluding hydrogens is 352 g/mol. The molecule has 1 atom stereocenters. The van der Waals surface area contributed by atoms with Crippen LogP contribution in [0, 0.1) is 25.7 Å². The van der Waals surface area contributed by atoms with Crippen molar-refractivity contribution in [2.75, 3.05) is 13.6 Å². The first-order valence-electron chi connectivity index (χ1n) is 9.08. The Hall–Kier alpha value is -3.30. The monoisotopic (exact) mass is 372 g/mol. The second-order valence-electron chi connectivity index (χ2n) is 7.15. The third-order valence-corrected chi connectivity index (χ3v) is 5.05. The lowest BCUT2D eigenvalue weighted by Gasteiger charge is -2.13. The van der Waals surface area contributed by atoms with E-state index in [0.717, 1.165) is 33.5 Å². The molecule has 0 radical (unpaired) electrons. The van der Waals surface area contributed by atoms with Crippen molar-refractivity contribution in [3.8, 4) is 23.1 Å². The van der Waals surface area contributed by atoms with E-state index in [1.807, 2.05) is 44.2 Å². The molecule has 1 N–H and O–H groups in total. The van der Waals surface area contributed by atoms with E-state index in [0.29, 0.717) is 18.5 Å². The number of likely N-dealkylation sites (tertiary alicyclic amines) is 1. The number of benzene rings is 1. The Balaban J connectivity index is 1.73. The number of fused-ring (bicyclic) bond motifs is 1. The Bertz CT molecular complexity index is 1160. The topological polar surface area (TPSA) is 79.2 Å². The number of pyridine rings is 1. The van der Waals surface area contributed by atoms with Crippen molar-refractivity contribution in [1.29, 1.82) is 0 Å². The van der Waals surface area contributed by atoms with Gasteiger partial charge in [-0.2, -0.15) is 0 Å². The van der Waals surface area contributed by atoms with Gasteiger partial charge in [-0.3, -0.25) is 4.79 Å². The van der Waals surface area contributed by atoms with Crippen LogP contribution in [0.25, 0.3) is 22.3 Å². The van der Waals surface area contributed by atoms with Gasteiger partial charge in [0, 0.05) is 31.1 Å². The van der Waals surface area contributed by atoms with Crippen molar-refractivity contribution < 1.29 is 9.90 Å². The van der Waals surface area contributed by atoms with Crippen LogP contribution in [0.4, 0.5) is 0 Å². The molecule has 0 bridgehead atoms. The van der Waals surface area contributed by atoms with Crippen LogP contribution in [0.3, 0.4) is 0 Å². The summed E-state index contributed by atoms with van der Waals surface area (Å²) in [5.74, 6) is 5.36. The van der Waals surface area contributed by atoms with Crippen LogP contribution in [0.2, 0.25) is 0 Å². The minimum absolute atomic E-state index is 0.319. The maximum Gasteiger partial charge on any atom is 0.267 e. The Kier molecular flexibility index (Phi) is 4.33. The average molecular weight is 372 g/mol. The number of aryl methyl sites for hydroxylation is 2. The predicted molar refractivity (Wildman–Crippen MR) is 106 cm³/mol. The summed E-state index contributed by atoms with van der Waals surface area (Å²) in [4.78, 5) is 26.9. The van der Waals surface area contributed by atoms with Gasteiger partial charge in [0.05, 0.1) is 16.9 Å². The van der Waals surface area contributed by atoms with Gasteiger partial charge in [0.25, 0.3) is 5.91 Å². The number of carbonyl (C=O) groups is 1. The number of amides is 1. The standard InChI is InChI=1S/C22H20N4O2/c1-14-11-18(25-20-15(2)23-13-24-19(14)20)17-6-4-5-16(12-17)7-8-22(28)9-10-26(3)21(22)27/h4-6,11-13,28H,9-10H2,1-3H3/t22-/m0/s1. The molecule has 3 heterocycles. The summed E-state index contributed by atoms with van der Waals surface area (Å²) in [7, 11) is 1.67. The van der Waals surface area contributed by atoms with Crippen molar-refractivity contribution in [3.05, 3.63) is 53.5 Å². The Morgan fingerprint density at radius 3 is 2.75 bits per heavy atom. The van der Waals surface area contributed by atoms with Gasteiger partial charge in [0.2, 0.25) is 5.60 Å². The predicted octanol–water partition coefficient (Wildman–Crippen LogP) is 2.25. The van der Waals surface area contributed by atoms with E-state index in [1.54, 1.807) is 13.4 Å². The molecule has 3 aromatic rings. The Morgan fingerprint density at radius 1 is 1.18 bits per heavy atom. The quantitative estimate of drug-likeness (QED) is 0.663. The van der Waals surface area contributed by atoms with E-state index in [9.17, 15) is 9.90 Å². The molecule has 6 heteroatoms. The van der Waals surface area contributed by atoms with E-state index in [-0.39, 0.29) is 5.91 Å². The normalized spacial score (nSPS) is 19.0. The first-order valence-corrected chi connectivity index (χ1v) is 9.08. The molecular formula is C22H20N4O2. The number of nitrogens with zero attached hydrogens (tertiary/aromatic N) is 4. The second kappa shape index (κ2) is 6.70. The maximum atomic E-state index is 12.1. The molecule has 1 aromatic carbocycles. The molecule has 28 heavy (non-hydrogen) atoms. The molecule has 0 spiro atoms. The summed E-state index contributed by atoms with van der Waals surface area (Å²) in [5.41, 5.74) is 4.31. The number of carbonyl (C=O) groups excluding carboxylic acids is 1. The van der Waals surface area contributed by atoms with Gasteiger partial charge in [-0.25, -0.2) is 15.0 Å². The van der Waals surface area contributed by atoms with Gasteiger partial charge in [-0.1, -0.05) is 24.0 Å². The first-order chi connectivity index (χ1) is 13.4. The zero-order valence-corrected chi connectivity index (χ0v) is 16.0. The van der Waals surface area contributed by atoms with Crippen LogP contribution < -0.4 is 0 Å². The maximum absolute atomic E-state index is 12.1. The number of aromatic nitrogens is 3. The fourth-order valence-electron chi connectivity index (χ4n) is 3.36. The molecule has 0 unspecified atom stereocenters. The van der Waals surface area contributed by atoms with Gasteiger partial charge in [-0.15, -0.1) is 0 Å². The molecule has 1 aliphatic heterocycles. The van der Waals surface area contributed by atoms with Crippen molar-refractivity contribution in [2.24, 2.45) is 0 Å². The third-order valence-electron chi connectivity index (χ3n) is 5.05. The highest BCUT2D eigenvalue weighted by molar-refractivity contribution is 5.90. The van der Waals surface area contributed by atoms with Gasteiger partial charge in [0.15, 0.2) is 0 Å². The van der Waals surface area contributed by atoms with E-state index in [2.05, 4.69) is 21.8 Å². The fourth-order valence-corrected chi connectivity index (χ4v) is 3.36. The summed E-state index contributed by atoms with van der Waals surface area (Å²) < 4.78 is 0. The van der Waals surface area contributed by atoms with Crippen molar-refractivity contribution in [1.82, 2.24) is 19.9 Å². The third kappa shape index (κ3) is 3.10. The van der Waals surface area contributed by atoms with Gasteiger partial charge >= 0.3 is 0 Å². The molecule has 1 saturated heterocycles. The highest BCUT2D eigenvalue weighted by Gasteiger charge is 2.42. The minimum atomic E-state index is -1.60. The first kappa shape index (κ1) is 18.1. The Morgan fingerprint density at radius 2 is 2.00 bits per heavy atom. The van der Waals surface area contributed by atoms with E-state index < -0.39 is 5.60 Å². The lowest BCUT2D eigenvalue weighted by atomic mass is 10.0. The summed E-state index contributed by atoms with van der Waals surface area (Å²) in [5, 5.41) is 10.5. The van der Waals surface area contributed by atoms with Crippen LogP contribution in [0.1, 0.15) is 23.2 Å². The van der Waals surface area contributed by atoms with Crippen LogP contribution in [-0.4, -0.2) is 50.1 Å². The number of hydrogen-bond donors (Lipinski definition) is 1. The minimum Gasteiger partial charge on any atom is -0.369 e. The largest absolute Gasteiger partial charge is 0.369 e. The summed E-state index contributed by atoms with van der Waals surface area (Å²) in [6, 6.07) is 9.60. The van der Waals surface area contributed by atoms with Gasteiger partial charge in [-0.05, 0) is 37.6 Å². The smallest absolute Gasteiger partial charge is 0.267 e. The van der Waals surface area contributed by atoms with E-state index in [1.165, 1.54) is 4.90 Å². The SMILES string of the molecule is Cc1cc(-c2cccc(C#C[C@]3(O)CCN(C)C3=O)c2)nc2c(C)ncnc12. The molecule has 0 saturated carbocycles. The van der Waals surface area contributed by atoms with Crippen LogP contribution in [-0.2, 0) is 4.79 Å². The molecule has 1 amide bonds. The lowest BCUT2D eigenvalue weighted by molar-refractivity contribution is -0.137. The molecule has 1 aliphatic rings. The van der Waals surface area contributed by atoms with Crippen LogP contribution in [0.5, 0.6) is 0 Å². The zero-order chi connectivity index (χ0) is 19.9. The van der Waals surface area contributed by atoms with Crippen molar-refractivity contribution in [2.45, 2.75) is 25.9 Å². The molecule has 1 fully saturated rings. The van der Waals surface area contributed by atoms with Gasteiger partial charge < -0.3 is 10.0 Å². The number of aliphatic hydroxyl groups is 1. The van der Waals surface area contributed by atoms with Crippen LogP contribution >= 0.6 is 0 Å². The lowest BCUT2D eigenvalue weighted by Crippen LogP contribution is -2.37. The summed E-state index contributed by atoms with van der Waals surface area (Å²) in [6.07, 6.45) is 1.87. The summed E-state index contributed by atoms with van der Waals surface area (Å²) >= 11 is 0. The number of rotatable bonds is 1. The van der Waals surface area contributed by atoms with Crippen LogP contribution in [0.15, 0.2) is 36.7 Å². The van der Waals surface area contributed by atoms with E-state index >= 15 is 0 Å². The molecule has 4 rings (SSSR count). The van der Waals surface area contributed by atoms with Crippen molar-refractivity contribution >= 4 is 16.9 Å². The Labute approximate surface area is 163 Å². The van der Waals surface area contributed by atoms with E-state index in [4.69, 9.17) is 4.98 Å². The highest BCUT2D eigenvalue weighted by Crippen LogP contribution is 2.25. The average Bonchev–Trinajstić information content (AvgIpc) is 2.95. The molecule has 6 nitrogen and oxygen atoms in total. The number of hydrogen-bond acceptors (Lipinski definition) is 5.